The van der Waals surface area contributed by atoms with Gasteiger partial charge in [0.25, 0.3) is 0 Å². The number of aliphatic hydroxyl groups excluding tert-OH is 1. The van der Waals surface area contributed by atoms with Gasteiger partial charge in [-0.1, -0.05) is 18.2 Å². The number of likely N-dealkylation sites (tertiary alicyclic amines) is 1. The van der Waals surface area contributed by atoms with Crippen molar-refractivity contribution in [2.75, 3.05) is 39.5 Å². The van der Waals surface area contributed by atoms with Gasteiger partial charge in [0.1, 0.15) is 12.4 Å². The second-order valence-corrected chi connectivity index (χ2v) is 4.87. The van der Waals surface area contributed by atoms with Crippen LogP contribution in [0.2, 0.25) is 0 Å². The lowest BCUT2D eigenvalue weighted by Gasteiger charge is -2.29. The maximum Gasteiger partial charge on any atom is 0.119 e. The SMILES string of the molecule is OC1CCCN(CCOCCOc2ccccc2)C1. The lowest BCUT2D eigenvalue weighted by molar-refractivity contribution is 0.0387. The molecule has 19 heavy (non-hydrogen) atoms. The molecule has 1 aliphatic rings. The predicted molar refractivity (Wildman–Crippen MR) is 74.4 cm³/mol. The molecule has 2 rings (SSSR count). The third-order valence-corrected chi connectivity index (χ3v) is 3.27. The fourth-order valence-corrected chi connectivity index (χ4v) is 2.27. The molecular formula is C15H23NO3. The van der Waals surface area contributed by atoms with E-state index in [4.69, 9.17) is 9.47 Å². The van der Waals surface area contributed by atoms with Crippen molar-refractivity contribution in [1.82, 2.24) is 4.90 Å². The molecule has 4 heteroatoms. The van der Waals surface area contributed by atoms with Crippen LogP contribution in [0.15, 0.2) is 30.3 Å². The Morgan fingerprint density at radius 2 is 2.00 bits per heavy atom. The highest BCUT2D eigenvalue weighted by Gasteiger charge is 2.16. The lowest BCUT2D eigenvalue weighted by Crippen LogP contribution is -2.40. The maximum absolute atomic E-state index is 9.54. The minimum Gasteiger partial charge on any atom is -0.491 e. The Morgan fingerprint density at radius 1 is 1.16 bits per heavy atom. The largest absolute Gasteiger partial charge is 0.491 e. The molecule has 0 spiro atoms. The third kappa shape index (κ3) is 5.59. The first-order chi connectivity index (χ1) is 9.34. The Morgan fingerprint density at radius 3 is 2.79 bits per heavy atom. The second-order valence-electron chi connectivity index (χ2n) is 4.87. The molecule has 0 bridgehead atoms. The van der Waals surface area contributed by atoms with E-state index >= 15 is 0 Å². The summed E-state index contributed by atoms with van der Waals surface area (Å²) in [7, 11) is 0. The zero-order valence-electron chi connectivity index (χ0n) is 11.3. The van der Waals surface area contributed by atoms with Crippen LogP contribution in [-0.2, 0) is 4.74 Å². The van der Waals surface area contributed by atoms with E-state index in [1.807, 2.05) is 30.3 Å². The van der Waals surface area contributed by atoms with Crippen molar-refractivity contribution in [2.24, 2.45) is 0 Å². The van der Waals surface area contributed by atoms with Gasteiger partial charge in [-0.25, -0.2) is 0 Å². The first-order valence-electron chi connectivity index (χ1n) is 7.00. The van der Waals surface area contributed by atoms with Crippen molar-refractivity contribution in [1.29, 1.82) is 0 Å². The van der Waals surface area contributed by atoms with E-state index in [2.05, 4.69) is 4.90 Å². The summed E-state index contributed by atoms with van der Waals surface area (Å²) in [5.41, 5.74) is 0. The summed E-state index contributed by atoms with van der Waals surface area (Å²) in [6.07, 6.45) is 1.86. The Balaban J connectivity index is 1.48. The van der Waals surface area contributed by atoms with E-state index in [1.165, 1.54) is 0 Å². The van der Waals surface area contributed by atoms with Crippen molar-refractivity contribution in [2.45, 2.75) is 18.9 Å². The number of piperidine rings is 1. The number of rotatable bonds is 7. The van der Waals surface area contributed by atoms with Gasteiger partial charge in [0.2, 0.25) is 0 Å². The van der Waals surface area contributed by atoms with Crippen LogP contribution in [0.1, 0.15) is 12.8 Å². The van der Waals surface area contributed by atoms with E-state index in [0.29, 0.717) is 19.8 Å². The zero-order valence-corrected chi connectivity index (χ0v) is 11.3. The van der Waals surface area contributed by atoms with Crippen LogP contribution in [0, 0.1) is 0 Å². The van der Waals surface area contributed by atoms with Gasteiger partial charge in [0.15, 0.2) is 0 Å². The summed E-state index contributed by atoms with van der Waals surface area (Å²) in [4.78, 5) is 2.26. The van der Waals surface area contributed by atoms with E-state index in [0.717, 1.165) is 38.2 Å². The molecule has 1 aromatic rings. The number of benzene rings is 1. The molecule has 4 nitrogen and oxygen atoms in total. The highest BCUT2D eigenvalue weighted by molar-refractivity contribution is 5.20. The van der Waals surface area contributed by atoms with E-state index < -0.39 is 0 Å². The Labute approximate surface area is 114 Å². The van der Waals surface area contributed by atoms with Gasteiger partial charge in [-0.3, -0.25) is 4.90 Å². The van der Waals surface area contributed by atoms with Crippen molar-refractivity contribution < 1.29 is 14.6 Å². The molecular weight excluding hydrogens is 242 g/mol. The molecule has 0 saturated carbocycles. The average Bonchev–Trinajstić information content (AvgIpc) is 2.44. The quantitative estimate of drug-likeness (QED) is 0.759. The fourth-order valence-electron chi connectivity index (χ4n) is 2.27. The summed E-state index contributed by atoms with van der Waals surface area (Å²) < 4.78 is 11.1. The summed E-state index contributed by atoms with van der Waals surface area (Å²) in [6.45, 7) is 4.62. The van der Waals surface area contributed by atoms with Gasteiger partial charge < -0.3 is 14.6 Å². The predicted octanol–water partition coefficient (Wildman–Crippen LogP) is 1.54. The number of ether oxygens (including phenoxy) is 2. The summed E-state index contributed by atoms with van der Waals surface area (Å²) in [6, 6.07) is 9.76. The minimum absolute atomic E-state index is 0.157. The molecule has 0 radical (unpaired) electrons. The van der Waals surface area contributed by atoms with Crippen LogP contribution in [0.3, 0.4) is 0 Å². The summed E-state index contributed by atoms with van der Waals surface area (Å²) >= 11 is 0. The highest BCUT2D eigenvalue weighted by atomic mass is 16.5. The number of hydrogen-bond donors (Lipinski definition) is 1. The van der Waals surface area contributed by atoms with Gasteiger partial charge in [-0.2, -0.15) is 0 Å². The average molecular weight is 265 g/mol. The van der Waals surface area contributed by atoms with Crippen molar-refractivity contribution in [3.63, 3.8) is 0 Å². The van der Waals surface area contributed by atoms with Crippen LogP contribution in [0.5, 0.6) is 5.75 Å². The fraction of sp³-hybridized carbons (Fsp3) is 0.600. The third-order valence-electron chi connectivity index (χ3n) is 3.27. The normalized spacial score (nSPS) is 20.4. The number of para-hydroxylation sites is 1. The van der Waals surface area contributed by atoms with Crippen LogP contribution < -0.4 is 4.74 Å². The molecule has 1 saturated heterocycles. The second kappa shape index (κ2) is 8.15. The minimum atomic E-state index is -0.157. The van der Waals surface area contributed by atoms with Gasteiger partial charge in [0.05, 0.1) is 19.3 Å². The molecule has 0 aliphatic carbocycles. The van der Waals surface area contributed by atoms with Crippen LogP contribution in [-0.4, -0.2) is 55.6 Å². The molecule has 1 fully saturated rings. The number of hydrogen-bond acceptors (Lipinski definition) is 4. The molecule has 1 unspecified atom stereocenters. The topological polar surface area (TPSA) is 41.9 Å². The van der Waals surface area contributed by atoms with Crippen LogP contribution in [0.25, 0.3) is 0 Å². The molecule has 1 aliphatic heterocycles. The first-order valence-corrected chi connectivity index (χ1v) is 7.00. The molecule has 106 valence electrons. The van der Waals surface area contributed by atoms with Crippen LogP contribution in [0.4, 0.5) is 0 Å². The van der Waals surface area contributed by atoms with Gasteiger partial charge >= 0.3 is 0 Å². The van der Waals surface area contributed by atoms with E-state index in [1.54, 1.807) is 0 Å². The van der Waals surface area contributed by atoms with E-state index in [9.17, 15) is 5.11 Å². The Hall–Kier alpha value is -1.10. The Bertz CT molecular complexity index is 345. The zero-order chi connectivity index (χ0) is 13.3. The van der Waals surface area contributed by atoms with Crippen molar-refractivity contribution >= 4 is 0 Å². The molecule has 1 atom stereocenters. The van der Waals surface area contributed by atoms with Gasteiger partial charge in [-0.05, 0) is 31.5 Å². The van der Waals surface area contributed by atoms with Crippen molar-refractivity contribution in [3.8, 4) is 5.75 Å². The summed E-state index contributed by atoms with van der Waals surface area (Å²) in [5.74, 6) is 0.880. The van der Waals surface area contributed by atoms with Crippen molar-refractivity contribution in [3.05, 3.63) is 30.3 Å². The van der Waals surface area contributed by atoms with Gasteiger partial charge in [0, 0.05) is 13.1 Å². The van der Waals surface area contributed by atoms with Crippen LogP contribution >= 0.6 is 0 Å². The smallest absolute Gasteiger partial charge is 0.119 e. The molecule has 1 N–H and O–H groups in total. The molecule has 1 heterocycles. The number of nitrogens with zero attached hydrogens (tertiary/aromatic N) is 1. The molecule has 0 aromatic heterocycles. The number of aliphatic hydroxyl groups is 1. The summed E-state index contributed by atoms with van der Waals surface area (Å²) in [5, 5.41) is 9.54. The number of β-amino-alcohol motifs (C(OH)–C–C–N with tert-alkyl or cyclic N) is 1. The lowest BCUT2D eigenvalue weighted by atomic mass is 10.1. The molecule has 1 aromatic carbocycles. The monoisotopic (exact) mass is 265 g/mol. The van der Waals surface area contributed by atoms with Gasteiger partial charge in [-0.15, -0.1) is 0 Å². The molecule has 0 amide bonds. The first kappa shape index (κ1) is 14.3. The highest BCUT2D eigenvalue weighted by Crippen LogP contribution is 2.09. The van der Waals surface area contributed by atoms with E-state index in [-0.39, 0.29) is 6.10 Å². The Kier molecular flexibility index (Phi) is 6.14. The maximum atomic E-state index is 9.54. The standard InChI is InChI=1S/C15H23NO3/c17-14-5-4-8-16(13-14)9-10-18-11-12-19-15-6-2-1-3-7-15/h1-3,6-7,14,17H,4-5,8-13H2.